The zero-order chi connectivity index (χ0) is 37.8. The van der Waals surface area contributed by atoms with Crippen LogP contribution in [0.5, 0.6) is 5.88 Å². The Morgan fingerprint density at radius 3 is 1.54 bits per heavy atom. The zero-order valence-electron chi connectivity index (χ0n) is 28.5. The van der Waals surface area contributed by atoms with E-state index in [2.05, 4.69) is 19.9 Å². The first-order valence-electron chi connectivity index (χ1n) is 16.4. The van der Waals surface area contributed by atoms with E-state index in [9.17, 15) is 27.2 Å². The van der Waals surface area contributed by atoms with E-state index in [1.807, 2.05) is 0 Å². The summed E-state index contributed by atoms with van der Waals surface area (Å²) in [5.74, 6) is -2.58. The van der Waals surface area contributed by atoms with Gasteiger partial charge in [-0.05, 0) is 77.4 Å². The van der Waals surface area contributed by atoms with Gasteiger partial charge in [0, 0.05) is 41.3 Å². The van der Waals surface area contributed by atoms with E-state index >= 15 is 0 Å². The smallest absolute Gasteiger partial charge is 0.261 e. The van der Waals surface area contributed by atoms with Gasteiger partial charge in [-0.15, -0.1) is 0 Å². The van der Waals surface area contributed by atoms with Crippen molar-refractivity contribution in [2.45, 2.75) is 13.1 Å². The molecule has 268 valence electrons. The number of benzene rings is 4. The molecule has 0 fully saturated rings. The Hall–Kier alpha value is -7.02. The molecule has 0 aliphatic rings. The van der Waals surface area contributed by atoms with E-state index in [4.69, 9.17) is 4.74 Å². The van der Waals surface area contributed by atoms with E-state index in [1.54, 1.807) is 79.0 Å². The fourth-order valence-electron chi connectivity index (χ4n) is 5.85. The van der Waals surface area contributed by atoms with Crippen LogP contribution in [0.25, 0.3) is 44.1 Å². The molecule has 54 heavy (non-hydrogen) atoms. The van der Waals surface area contributed by atoms with Crippen LogP contribution < -0.4 is 15.9 Å². The number of hydrogen-bond donors (Lipinski definition) is 0. The summed E-state index contributed by atoms with van der Waals surface area (Å²) in [6.07, 6.45) is 7.22. The van der Waals surface area contributed by atoms with Crippen LogP contribution in [0.1, 0.15) is 11.1 Å². The van der Waals surface area contributed by atoms with Crippen LogP contribution in [0.2, 0.25) is 0 Å². The van der Waals surface area contributed by atoms with Gasteiger partial charge >= 0.3 is 0 Å². The molecule has 13 heteroatoms. The summed E-state index contributed by atoms with van der Waals surface area (Å²) in [6.45, 7) is -0.490. The Balaban J connectivity index is 0.000000167. The molecule has 0 aliphatic carbocycles. The van der Waals surface area contributed by atoms with Crippen molar-refractivity contribution >= 4 is 21.8 Å². The molecule has 0 saturated carbocycles. The number of fused-ring (bicyclic) bond motifs is 2. The Kier molecular flexibility index (Phi) is 10.0. The van der Waals surface area contributed by atoms with Crippen LogP contribution in [-0.2, 0) is 13.1 Å². The van der Waals surface area contributed by atoms with E-state index in [-0.39, 0.29) is 35.3 Å². The quantitative estimate of drug-likeness (QED) is 0.156. The molecule has 0 N–H and O–H groups in total. The first kappa shape index (κ1) is 35.4. The molecule has 0 spiro atoms. The Labute approximate surface area is 304 Å². The molecule has 0 aliphatic heterocycles. The number of pyridine rings is 2. The SMILES string of the molecule is COc1cc(-c2cc(F)c(Cn3cnc4ccccc4c3=O)c(F)c2)ccn1.O=c1c2ccccc2ncn1Cc1c(F)cc(-c2cccnc2)cc1F. The first-order valence-corrected chi connectivity index (χ1v) is 16.4. The fourth-order valence-corrected chi connectivity index (χ4v) is 5.85. The molecule has 8 aromatic rings. The number of aromatic nitrogens is 6. The maximum atomic E-state index is 14.7. The third-order valence-corrected chi connectivity index (χ3v) is 8.67. The molecule has 0 radical (unpaired) electrons. The van der Waals surface area contributed by atoms with Gasteiger partial charge in [-0.2, -0.15) is 0 Å². The topological polar surface area (TPSA) is 105 Å². The molecule has 8 rings (SSSR count). The number of rotatable bonds is 7. The van der Waals surface area contributed by atoms with E-state index in [0.717, 1.165) is 0 Å². The summed E-state index contributed by atoms with van der Waals surface area (Å²) in [6, 6.07) is 25.3. The minimum absolute atomic E-state index is 0.183. The number of nitrogens with zero attached hydrogens (tertiary/aromatic N) is 6. The van der Waals surface area contributed by atoms with Crippen molar-refractivity contribution in [1.82, 2.24) is 29.1 Å². The number of methoxy groups -OCH3 is 1. The van der Waals surface area contributed by atoms with Crippen LogP contribution in [0.4, 0.5) is 17.6 Å². The molecule has 4 aromatic heterocycles. The van der Waals surface area contributed by atoms with Gasteiger partial charge in [0.25, 0.3) is 11.1 Å². The lowest BCUT2D eigenvalue weighted by Gasteiger charge is -2.11. The number of ether oxygens (including phenoxy) is 1. The van der Waals surface area contributed by atoms with Gasteiger partial charge in [-0.3, -0.25) is 23.7 Å². The monoisotopic (exact) mass is 728 g/mol. The Morgan fingerprint density at radius 2 is 1.06 bits per heavy atom. The maximum absolute atomic E-state index is 14.7. The molecule has 0 amide bonds. The van der Waals surface area contributed by atoms with Crippen LogP contribution in [0.3, 0.4) is 0 Å². The number of halogens is 4. The zero-order valence-corrected chi connectivity index (χ0v) is 28.5. The van der Waals surface area contributed by atoms with Crippen LogP contribution >= 0.6 is 0 Å². The molecule has 4 heterocycles. The number of para-hydroxylation sites is 2. The molecule has 4 aromatic carbocycles. The number of hydrogen-bond acceptors (Lipinski definition) is 7. The normalized spacial score (nSPS) is 11.0. The van der Waals surface area contributed by atoms with E-state index < -0.39 is 23.3 Å². The van der Waals surface area contributed by atoms with E-state index in [0.29, 0.717) is 49.9 Å². The molecule has 0 atom stereocenters. The van der Waals surface area contributed by atoms with Crippen molar-refractivity contribution in [3.05, 3.63) is 183 Å². The second-order valence-electron chi connectivity index (χ2n) is 12.1. The van der Waals surface area contributed by atoms with Crippen molar-refractivity contribution in [3.63, 3.8) is 0 Å². The molecule has 0 unspecified atom stereocenters. The summed E-state index contributed by atoms with van der Waals surface area (Å²) in [5, 5.41) is 0.800. The predicted molar refractivity (Wildman–Crippen MR) is 196 cm³/mol. The summed E-state index contributed by atoms with van der Waals surface area (Å²) in [4.78, 5) is 41.4. The van der Waals surface area contributed by atoms with Crippen molar-refractivity contribution in [1.29, 1.82) is 0 Å². The second-order valence-corrected chi connectivity index (χ2v) is 12.1. The van der Waals surface area contributed by atoms with Crippen LogP contribution in [-0.4, -0.2) is 36.2 Å². The Bertz CT molecular complexity index is 2730. The van der Waals surface area contributed by atoms with Gasteiger partial charge in [0.1, 0.15) is 23.3 Å². The van der Waals surface area contributed by atoms with Gasteiger partial charge in [-0.1, -0.05) is 30.3 Å². The van der Waals surface area contributed by atoms with Crippen LogP contribution in [0, 0.1) is 23.3 Å². The summed E-state index contributed by atoms with van der Waals surface area (Å²) < 4.78 is 65.9. The van der Waals surface area contributed by atoms with Gasteiger partial charge < -0.3 is 4.74 Å². The third-order valence-electron chi connectivity index (χ3n) is 8.67. The lowest BCUT2D eigenvalue weighted by Crippen LogP contribution is -2.22. The highest BCUT2D eigenvalue weighted by Gasteiger charge is 2.16. The average molecular weight is 729 g/mol. The highest BCUT2D eigenvalue weighted by molar-refractivity contribution is 5.77. The first-order chi connectivity index (χ1) is 26.2. The largest absolute Gasteiger partial charge is 0.481 e. The predicted octanol–water partition coefficient (Wildman–Crippen LogP) is 7.58. The molecule has 0 saturated heterocycles. The molecule has 9 nitrogen and oxygen atoms in total. The summed E-state index contributed by atoms with van der Waals surface area (Å²) in [7, 11) is 1.46. The van der Waals surface area contributed by atoms with E-state index in [1.165, 1.54) is 65.6 Å². The van der Waals surface area contributed by atoms with Gasteiger partial charge in [0.15, 0.2) is 0 Å². The van der Waals surface area contributed by atoms with Gasteiger partial charge in [0.2, 0.25) is 5.88 Å². The second kappa shape index (κ2) is 15.3. The molecule has 0 bridgehead atoms. The van der Waals surface area contributed by atoms with Crippen molar-refractivity contribution < 1.29 is 22.3 Å². The van der Waals surface area contributed by atoms with Crippen molar-refractivity contribution in [2.24, 2.45) is 0 Å². The minimum atomic E-state index is -0.745. The van der Waals surface area contributed by atoms with Crippen molar-refractivity contribution in [3.8, 4) is 28.1 Å². The highest BCUT2D eigenvalue weighted by Crippen LogP contribution is 2.27. The minimum Gasteiger partial charge on any atom is -0.481 e. The lowest BCUT2D eigenvalue weighted by molar-refractivity contribution is 0.398. The highest BCUT2D eigenvalue weighted by atomic mass is 19.1. The average Bonchev–Trinajstić information content (AvgIpc) is 3.20. The Morgan fingerprint density at radius 1 is 0.556 bits per heavy atom. The maximum Gasteiger partial charge on any atom is 0.261 e. The standard InChI is InChI=1S/C21H15F2N3O2.C20H13F2N3O/c1-28-20-10-13(6-7-24-20)14-8-17(22)16(18(23)9-14)11-26-12-25-19-5-3-2-4-15(19)21(26)27;21-17-8-14(13-4-3-7-23-10-13)9-18(22)16(17)11-25-12-24-19-6-2-1-5-15(19)20(25)26/h2-10,12H,11H2,1H3;1-10,12H,11H2. The molecular weight excluding hydrogens is 700 g/mol. The van der Waals surface area contributed by atoms with Crippen LogP contribution in [0.15, 0.2) is 138 Å². The molecular formula is C41H28F4N6O3. The summed E-state index contributed by atoms with van der Waals surface area (Å²) in [5.41, 5.74) is 1.92. The fraction of sp³-hybridized carbons (Fsp3) is 0.0732. The lowest BCUT2D eigenvalue weighted by atomic mass is 10.0. The summed E-state index contributed by atoms with van der Waals surface area (Å²) >= 11 is 0. The van der Waals surface area contributed by atoms with Crippen molar-refractivity contribution in [2.75, 3.05) is 7.11 Å². The van der Waals surface area contributed by atoms with Gasteiger partial charge in [-0.25, -0.2) is 32.5 Å². The van der Waals surface area contributed by atoms with Gasteiger partial charge in [0.05, 0.1) is 54.7 Å². The third kappa shape index (κ3) is 7.33.